The zero-order valence-electron chi connectivity index (χ0n) is 12.9. The van der Waals surface area contributed by atoms with E-state index in [1.54, 1.807) is 0 Å². The molecule has 0 saturated heterocycles. The Balaban J connectivity index is 3.26. The van der Waals surface area contributed by atoms with Crippen molar-refractivity contribution in [1.29, 1.82) is 0 Å². The first-order chi connectivity index (χ1) is 9.16. The van der Waals surface area contributed by atoms with Gasteiger partial charge < -0.3 is 5.11 Å². The van der Waals surface area contributed by atoms with E-state index in [2.05, 4.69) is 26.0 Å². The Morgan fingerprint density at radius 2 is 1.74 bits per heavy atom. The van der Waals surface area contributed by atoms with Gasteiger partial charge in [-0.25, -0.2) is 0 Å². The van der Waals surface area contributed by atoms with Crippen molar-refractivity contribution in [2.75, 3.05) is 0 Å². The summed E-state index contributed by atoms with van der Waals surface area (Å²) >= 11 is 0. The number of unbranched alkanes of at least 4 members (excludes halogenated alkanes) is 6. The van der Waals surface area contributed by atoms with Crippen LogP contribution in [0.3, 0.4) is 0 Å². The van der Waals surface area contributed by atoms with E-state index in [1.807, 2.05) is 0 Å². The molecule has 2 nitrogen and oxygen atoms in total. The summed E-state index contributed by atoms with van der Waals surface area (Å²) in [7, 11) is 0. The lowest BCUT2D eigenvalue weighted by Gasteiger charge is -2.08. The summed E-state index contributed by atoms with van der Waals surface area (Å²) < 4.78 is 0. The Kier molecular flexibility index (Phi) is 13.1. The number of carboxylic acids is 1. The lowest BCUT2D eigenvalue weighted by molar-refractivity contribution is -0.137. The molecule has 112 valence electrons. The van der Waals surface area contributed by atoms with Crippen LogP contribution in [0.15, 0.2) is 12.2 Å². The number of aliphatic carboxylic acids is 1. The minimum Gasteiger partial charge on any atom is -0.481 e. The molecular formula is C17H32O2. The van der Waals surface area contributed by atoms with E-state index in [-0.39, 0.29) is 0 Å². The average molecular weight is 268 g/mol. The highest BCUT2D eigenvalue weighted by Gasteiger charge is 2.00. The smallest absolute Gasteiger partial charge is 0.303 e. The van der Waals surface area contributed by atoms with Crippen molar-refractivity contribution in [3.05, 3.63) is 12.2 Å². The highest BCUT2D eigenvalue weighted by molar-refractivity contribution is 5.66. The molecule has 0 aliphatic rings. The van der Waals surface area contributed by atoms with Gasteiger partial charge in [-0.3, -0.25) is 4.79 Å². The summed E-state index contributed by atoms with van der Waals surface area (Å²) in [5.41, 5.74) is 0. The third-order valence-electron chi connectivity index (χ3n) is 3.52. The largest absolute Gasteiger partial charge is 0.481 e. The Morgan fingerprint density at radius 3 is 2.42 bits per heavy atom. The van der Waals surface area contributed by atoms with Crippen molar-refractivity contribution in [2.24, 2.45) is 5.92 Å². The first kappa shape index (κ1) is 18.2. The molecule has 19 heavy (non-hydrogen) atoms. The second-order valence-electron chi connectivity index (χ2n) is 5.65. The van der Waals surface area contributed by atoms with E-state index in [1.165, 1.54) is 51.4 Å². The van der Waals surface area contributed by atoms with E-state index in [0.29, 0.717) is 6.42 Å². The summed E-state index contributed by atoms with van der Waals surface area (Å²) in [5.74, 6) is 0.125. The van der Waals surface area contributed by atoms with Gasteiger partial charge >= 0.3 is 5.97 Å². The highest BCUT2D eigenvalue weighted by atomic mass is 16.4. The van der Waals surface area contributed by atoms with Crippen LogP contribution in [0.25, 0.3) is 0 Å². The Hall–Kier alpha value is -0.790. The number of hydrogen-bond donors (Lipinski definition) is 1. The Bertz CT molecular complexity index is 233. The molecule has 1 unspecified atom stereocenters. The lowest BCUT2D eigenvalue weighted by atomic mass is 9.98. The molecule has 2 heteroatoms. The zero-order chi connectivity index (χ0) is 14.3. The molecule has 0 bridgehead atoms. The van der Waals surface area contributed by atoms with Crippen LogP contribution in [0, 0.1) is 5.92 Å². The molecule has 0 fully saturated rings. The first-order valence-electron chi connectivity index (χ1n) is 8.03. The monoisotopic (exact) mass is 268 g/mol. The fourth-order valence-corrected chi connectivity index (χ4v) is 2.19. The maximum absolute atomic E-state index is 10.3. The third-order valence-corrected chi connectivity index (χ3v) is 3.52. The highest BCUT2D eigenvalue weighted by Crippen LogP contribution is 2.15. The standard InChI is InChI=1S/C17H32O2/c1-3-4-5-7-10-13-16(2)14-11-8-6-9-12-15-17(18)19/h7,10,16H,3-6,8-9,11-15H2,1-2H3,(H,18,19)/b10-7+. The molecule has 0 amide bonds. The molecule has 1 N–H and O–H groups in total. The molecule has 1 atom stereocenters. The van der Waals surface area contributed by atoms with Crippen LogP contribution in [-0.2, 0) is 4.79 Å². The molecular weight excluding hydrogens is 236 g/mol. The number of allylic oxidation sites excluding steroid dienone is 2. The van der Waals surface area contributed by atoms with E-state index < -0.39 is 5.97 Å². The van der Waals surface area contributed by atoms with Crippen LogP contribution in [0.1, 0.15) is 84.5 Å². The maximum atomic E-state index is 10.3. The van der Waals surface area contributed by atoms with Gasteiger partial charge in [-0.15, -0.1) is 0 Å². The minimum absolute atomic E-state index is 0.332. The van der Waals surface area contributed by atoms with Crippen LogP contribution in [-0.4, -0.2) is 11.1 Å². The third kappa shape index (κ3) is 15.2. The van der Waals surface area contributed by atoms with Crippen molar-refractivity contribution in [3.63, 3.8) is 0 Å². The molecule has 0 aromatic heterocycles. The topological polar surface area (TPSA) is 37.3 Å². The normalized spacial score (nSPS) is 12.9. The molecule has 0 aliphatic carbocycles. The SMILES string of the molecule is CCCC/C=C/CC(C)CCCCCCCC(=O)O. The number of rotatable bonds is 13. The summed E-state index contributed by atoms with van der Waals surface area (Å²) in [5, 5.41) is 8.52. The van der Waals surface area contributed by atoms with Crippen molar-refractivity contribution < 1.29 is 9.90 Å². The van der Waals surface area contributed by atoms with E-state index in [0.717, 1.165) is 18.8 Å². The first-order valence-corrected chi connectivity index (χ1v) is 8.03. The van der Waals surface area contributed by atoms with Crippen LogP contribution in [0.5, 0.6) is 0 Å². The van der Waals surface area contributed by atoms with Gasteiger partial charge in [-0.05, 0) is 25.2 Å². The van der Waals surface area contributed by atoms with Crippen LogP contribution < -0.4 is 0 Å². The van der Waals surface area contributed by atoms with Gasteiger partial charge in [0, 0.05) is 6.42 Å². The van der Waals surface area contributed by atoms with Crippen LogP contribution >= 0.6 is 0 Å². The summed E-state index contributed by atoms with van der Waals surface area (Å²) in [6.45, 7) is 4.56. The Labute approximate surface area is 119 Å². The van der Waals surface area contributed by atoms with Gasteiger partial charge in [0.2, 0.25) is 0 Å². The number of hydrogen-bond acceptors (Lipinski definition) is 1. The van der Waals surface area contributed by atoms with Crippen LogP contribution in [0.4, 0.5) is 0 Å². The zero-order valence-corrected chi connectivity index (χ0v) is 12.9. The molecule has 0 aliphatic heterocycles. The molecule has 0 rings (SSSR count). The molecule has 0 saturated carbocycles. The molecule has 0 heterocycles. The Morgan fingerprint density at radius 1 is 1.05 bits per heavy atom. The van der Waals surface area contributed by atoms with E-state index >= 15 is 0 Å². The van der Waals surface area contributed by atoms with E-state index in [4.69, 9.17) is 5.11 Å². The maximum Gasteiger partial charge on any atom is 0.303 e. The average Bonchev–Trinajstić information content (AvgIpc) is 2.37. The summed E-state index contributed by atoms with van der Waals surface area (Å²) in [6.07, 6.45) is 17.0. The van der Waals surface area contributed by atoms with Crippen LogP contribution in [0.2, 0.25) is 0 Å². The summed E-state index contributed by atoms with van der Waals surface area (Å²) in [6, 6.07) is 0. The van der Waals surface area contributed by atoms with E-state index in [9.17, 15) is 4.79 Å². The van der Waals surface area contributed by atoms with Gasteiger partial charge in [-0.2, -0.15) is 0 Å². The lowest BCUT2D eigenvalue weighted by Crippen LogP contribution is -1.94. The number of carboxylic acid groups (broad SMARTS) is 1. The molecule has 0 aromatic rings. The van der Waals surface area contributed by atoms with Gasteiger partial charge in [0.05, 0.1) is 0 Å². The fraction of sp³-hybridized carbons (Fsp3) is 0.824. The fourth-order valence-electron chi connectivity index (χ4n) is 2.19. The van der Waals surface area contributed by atoms with Crippen molar-refractivity contribution in [2.45, 2.75) is 84.5 Å². The van der Waals surface area contributed by atoms with Crippen molar-refractivity contribution in [1.82, 2.24) is 0 Å². The predicted molar refractivity (Wildman–Crippen MR) is 82.4 cm³/mol. The van der Waals surface area contributed by atoms with Gasteiger partial charge in [0.15, 0.2) is 0 Å². The molecule has 0 spiro atoms. The second kappa shape index (κ2) is 13.6. The molecule has 0 aromatic carbocycles. The predicted octanol–water partition coefficient (Wildman–Crippen LogP) is 5.57. The van der Waals surface area contributed by atoms with Crippen molar-refractivity contribution in [3.8, 4) is 0 Å². The minimum atomic E-state index is -0.663. The molecule has 0 radical (unpaired) electrons. The van der Waals surface area contributed by atoms with Crippen molar-refractivity contribution >= 4 is 5.97 Å². The van der Waals surface area contributed by atoms with Gasteiger partial charge in [0.1, 0.15) is 0 Å². The quantitative estimate of drug-likeness (QED) is 0.350. The van der Waals surface area contributed by atoms with Gasteiger partial charge in [0.25, 0.3) is 0 Å². The second-order valence-corrected chi connectivity index (χ2v) is 5.65. The number of carbonyl (C=O) groups is 1. The van der Waals surface area contributed by atoms with Gasteiger partial charge in [-0.1, -0.05) is 70.9 Å². The summed E-state index contributed by atoms with van der Waals surface area (Å²) in [4.78, 5) is 10.3.